The number of carbonyl (C=O) groups excluding carboxylic acids is 1. The Bertz CT molecular complexity index is 946. The summed E-state index contributed by atoms with van der Waals surface area (Å²) in [7, 11) is 0. The van der Waals surface area contributed by atoms with Crippen LogP contribution in [-0.2, 0) is 4.79 Å². The average Bonchev–Trinajstić information content (AvgIpc) is 3.11. The van der Waals surface area contributed by atoms with Gasteiger partial charge in [-0.25, -0.2) is 0 Å². The highest BCUT2D eigenvalue weighted by Gasteiger charge is 2.11. The van der Waals surface area contributed by atoms with Gasteiger partial charge in [-0.3, -0.25) is 4.79 Å². The molecule has 0 unspecified atom stereocenters. The third kappa shape index (κ3) is 4.04. The van der Waals surface area contributed by atoms with Crippen LogP contribution in [0.25, 0.3) is 17.4 Å². The monoisotopic (exact) mass is 328 g/mol. The van der Waals surface area contributed by atoms with Crippen LogP contribution < -0.4 is 5.32 Å². The first-order valence-corrected chi connectivity index (χ1v) is 7.81. The number of carbonyl (C=O) groups is 1. The van der Waals surface area contributed by atoms with E-state index in [4.69, 9.17) is 4.42 Å². The molecule has 2 aromatic carbocycles. The van der Waals surface area contributed by atoms with Gasteiger partial charge in [-0.15, -0.1) is 0 Å². The van der Waals surface area contributed by atoms with Crippen molar-refractivity contribution in [1.29, 1.82) is 5.26 Å². The van der Waals surface area contributed by atoms with E-state index in [9.17, 15) is 10.1 Å². The molecule has 0 saturated heterocycles. The Hall–Kier alpha value is -3.58. The predicted molar refractivity (Wildman–Crippen MR) is 97.5 cm³/mol. The first kappa shape index (κ1) is 16.3. The van der Waals surface area contributed by atoms with E-state index in [1.165, 1.54) is 6.08 Å². The molecule has 0 aliphatic carbocycles. The first-order valence-electron chi connectivity index (χ1n) is 7.81. The van der Waals surface area contributed by atoms with E-state index >= 15 is 0 Å². The maximum absolute atomic E-state index is 12.3. The molecule has 25 heavy (non-hydrogen) atoms. The minimum atomic E-state index is -0.469. The van der Waals surface area contributed by atoms with Crippen molar-refractivity contribution in [2.24, 2.45) is 0 Å². The van der Waals surface area contributed by atoms with Gasteiger partial charge in [-0.1, -0.05) is 48.0 Å². The van der Waals surface area contributed by atoms with E-state index in [1.807, 2.05) is 61.5 Å². The molecule has 4 nitrogen and oxygen atoms in total. The largest absolute Gasteiger partial charge is 0.457 e. The second kappa shape index (κ2) is 7.33. The average molecular weight is 328 g/mol. The van der Waals surface area contributed by atoms with Gasteiger partial charge in [0.1, 0.15) is 23.2 Å². The van der Waals surface area contributed by atoms with Crippen molar-refractivity contribution in [1.82, 2.24) is 0 Å². The lowest BCUT2D eigenvalue weighted by atomic mass is 10.2. The van der Waals surface area contributed by atoms with Crippen LogP contribution in [0.5, 0.6) is 0 Å². The maximum atomic E-state index is 12.3. The van der Waals surface area contributed by atoms with Crippen LogP contribution in [0.1, 0.15) is 11.3 Å². The zero-order valence-electron chi connectivity index (χ0n) is 13.7. The topological polar surface area (TPSA) is 66.0 Å². The molecule has 0 aliphatic rings. The lowest BCUT2D eigenvalue weighted by Gasteiger charge is -2.04. The fourth-order valence-corrected chi connectivity index (χ4v) is 2.31. The molecule has 4 heteroatoms. The molecule has 1 amide bonds. The minimum absolute atomic E-state index is 0.0189. The number of nitrogens with one attached hydrogen (secondary N) is 1. The van der Waals surface area contributed by atoms with Crippen LogP contribution in [0.15, 0.2) is 76.7 Å². The third-order valence-corrected chi connectivity index (χ3v) is 3.65. The predicted octanol–water partition coefficient (Wildman–Crippen LogP) is 4.80. The van der Waals surface area contributed by atoms with E-state index in [1.54, 1.807) is 18.2 Å². The molecule has 0 atom stereocenters. The second-order valence-corrected chi connectivity index (χ2v) is 5.56. The summed E-state index contributed by atoms with van der Waals surface area (Å²) < 4.78 is 5.71. The van der Waals surface area contributed by atoms with Gasteiger partial charge in [0.25, 0.3) is 5.91 Å². The normalized spacial score (nSPS) is 11.0. The van der Waals surface area contributed by atoms with Crippen molar-refractivity contribution in [2.45, 2.75) is 6.92 Å². The minimum Gasteiger partial charge on any atom is -0.457 e. The van der Waals surface area contributed by atoms with E-state index in [2.05, 4.69) is 5.32 Å². The van der Waals surface area contributed by atoms with Crippen molar-refractivity contribution in [2.75, 3.05) is 5.32 Å². The molecule has 3 aromatic rings. The summed E-state index contributed by atoms with van der Waals surface area (Å²) in [6, 6.07) is 22.5. The molecule has 0 aliphatic heterocycles. The molecule has 1 aromatic heterocycles. The molecule has 122 valence electrons. The summed E-state index contributed by atoms with van der Waals surface area (Å²) in [4.78, 5) is 12.3. The quantitative estimate of drug-likeness (QED) is 0.552. The number of amides is 1. The highest BCUT2D eigenvalue weighted by molar-refractivity contribution is 6.09. The van der Waals surface area contributed by atoms with Crippen LogP contribution in [0.3, 0.4) is 0 Å². The first-order chi connectivity index (χ1) is 12.2. The lowest BCUT2D eigenvalue weighted by Crippen LogP contribution is -2.13. The smallest absolute Gasteiger partial charge is 0.266 e. The fourth-order valence-electron chi connectivity index (χ4n) is 2.31. The molecule has 0 spiro atoms. The number of hydrogen-bond acceptors (Lipinski definition) is 3. The van der Waals surface area contributed by atoms with Gasteiger partial charge in [-0.2, -0.15) is 5.26 Å². The van der Waals surface area contributed by atoms with E-state index < -0.39 is 5.91 Å². The summed E-state index contributed by atoms with van der Waals surface area (Å²) in [5.41, 5.74) is 2.65. The van der Waals surface area contributed by atoms with Gasteiger partial charge in [0, 0.05) is 17.3 Å². The zero-order valence-corrected chi connectivity index (χ0v) is 13.7. The van der Waals surface area contributed by atoms with Crippen molar-refractivity contribution < 1.29 is 9.21 Å². The summed E-state index contributed by atoms with van der Waals surface area (Å²) in [6.07, 6.45) is 1.44. The molecule has 1 heterocycles. The molecule has 0 bridgehead atoms. The summed E-state index contributed by atoms with van der Waals surface area (Å²) in [5, 5.41) is 12.0. The van der Waals surface area contributed by atoms with Gasteiger partial charge >= 0.3 is 0 Å². The summed E-state index contributed by atoms with van der Waals surface area (Å²) in [6.45, 7) is 1.97. The Morgan fingerprint density at radius 3 is 2.44 bits per heavy atom. The molecule has 0 fully saturated rings. The van der Waals surface area contributed by atoms with Crippen LogP contribution in [0.2, 0.25) is 0 Å². The fraction of sp³-hybridized carbons (Fsp3) is 0.0476. The molecule has 3 rings (SSSR count). The molecule has 0 saturated carbocycles. The van der Waals surface area contributed by atoms with E-state index in [0.717, 1.165) is 11.1 Å². The number of nitriles is 1. The standard InChI is InChI=1S/C21H16N2O2/c1-15-7-9-18(10-8-15)23-21(24)17(14-22)13-19-11-12-20(25-19)16-5-3-2-4-6-16/h2-13H,1H3,(H,23,24). The van der Waals surface area contributed by atoms with Crippen LogP contribution in [0.4, 0.5) is 5.69 Å². The number of rotatable bonds is 4. The Morgan fingerprint density at radius 1 is 1.04 bits per heavy atom. The highest BCUT2D eigenvalue weighted by atomic mass is 16.3. The van der Waals surface area contributed by atoms with Crippen LogP contribution in [-0.4, -0.2) is 5.91 Å². The van der Waals surface area contributed by atoms with Crippen LogP contribution >= 0.6 is 0 Å². The van der Waals surface area contributed by atoms with Gasteiger partial charge < -0.3 is 9.73 Å². The Balaban J connectivity index is 1.78. The van der Waals surface area contributed by atoms with Gasteiger partial charge in [0.15, 0.2) is 0 Å². The van der Waals surface area contributed by atoms with Gasteiger partial charge in [0.2, 0.25) is 0 Å². The van der Waals surface area contributed by atoms with E-state index in [0.29, 0.717) is 17.2 Å². The lowest BCUT2D eigenvalue weighted by molar-refractivity contribution is -0.112. The van der Waals surface area contributed by atoms with Gasteiger partial charge in [-0.05, 0) is 31.2 Å². The van der Waals surface area contributed by atoms with Crippen molar-refractivity contribution in [3.63, 3.8) is 0 Å². The SMILES string of the molecule is Cc1ccc(NC(=O)C(C#N)=Cc2ccc(-c3ccccc3)o2)cc1. The summed E-state index contributed by atoms with van der Waals surface area (Å²) in [5.74, 6) is 0.668. The van der Waals surface area contributed by atoms with Gasteiger partial charge in [0.05, 0.1) is 0 Å². The van der Waals surface area contributed by atoms with E-state index in [-0.39, 0.29) is 5.57 Å². The Morgan fingerprint density at radius 2 is 1.76 bits per heavy atom. The third-order valence-electron chi connectivity index (χ3n) is 3.65. The zero-order chi connectivity index (χ0) is 17.6. The second-order valence-electron chi connectivity index (χ2n) is 5.56. The number of anilines is 1. The number of benzene rings is 2. The number of nitrogens with zero attached hydrogens (tertiary/aromatic N) is 1. The molecule has 1 N–H and O–H groups in total. The maximum Gasteiger partial charge on any atom is 0.266 e. The van der Waals surface area contributed by atoms with Crippen molar-refractivity contribution in [3.8, 4) is 17.4 Å². The van der Waals surface area contributed by atoms with Crippen molar-refractivity contribution in [3.05, 3.63) is 83.6 Å². The Kier molecular flexibility index (Phi) is 4.77. The van der Waals surface area contributed by atoms with Crippen molar-refractivity contribution >= 4 is 17.7 Å². The number of hydrogen-bond donors (Lipinski definition) is 1. The van der Waals surface area contributed by atoms with Crippen LogP contribution in [0, 0.1) is 18.3 Å². The molecular weight excluding hydrogens is 312 g/mol. The molecule has 0 radical (unpaired) electrons. The number of furan rings is 1. The molecular formula is C21H16N2O2. The number of aryl methyl sites for hydroxylation is 1. The highest BCUT2D eigenvalue weighted by Crippen LogP contribution is 2.23. The Labute approximate surface area is 146 Å². The summed E-state index contributed by atoms with van der Waals surface area (Å²) >= 11 is 0.